The van der Waals surface area contributed by atoms with Gasteiger partial charge >= 0.3 is 6.18 Å². The average Bonchev–Trinajstić information content (AvgIpc) is 3.04. The number of piperidine rings is 1. The van der Waals surface area contributed by atoms with Gasteiger partial charge in [-0.25, -0.2) is 4.90 Å². The Kier molecular flexibility index (Phi) is 5.81. The lowest BCUT2D eigenvalue weighted by Crippen LogP contribution is -2.40. The fourth-order valence-electron chi connectivity index (χ4n) is 4.24. The van der Waals surface area contributed by atoms with Crippen LogP contribution in [-0.4, -0.2) is 41.5 Å². The summed E-state index contributed by atoms with van der Waals surface area (Å²) < 4.78 is 38.9. The first kappa shape index (κ1) is 22.1. The van der Waals surface area contributed by atoms with Crippen molar-refractivity contribution < 1.29 is 27.9 Å². The lowest BCUT2D eigenvalue weighted by molar-refractivity contribution is -0.137. The number of amides is 2. The number of hydrogen-bond acceptors (Lipinski definition) is 4. The van der Waals surface area contributed by atoms with Crippen molar-refractivity contribution in [3.63, 3.8) is 0 Å². The van der Waals surface area contributed by atoms with Crippen LogP contribution in [-0.2, 0) is 15.8 Å². The van der Waals surface area contributed by atoms with Crippen LogP contribution < -0.4 is 4.90 Å². The largest absolute Gasteiger partial charge is 0.416 e. The van der Waals surface area contributed by atoms with Crippen molar-refractivity contribution >= 4 is 23.1 Å². The summed E-state index contributed by atoms with van der Waals surface area (Å²) in [7, 11) is 0. The van der Waals surface area contributed by atoms with Crippen molar-refractivity contribution in [1.82, 2.24) is 4.90 Å². The SMILES string of the molecule is Cc1ccc(C2=C(N3CCCC(CO)C3)C(=O)N(c3ccc(C(F)(F)F)cc3)C2=O)cc1. The molecule has 2 aliphatic rings. The highest BCUT2D eigenvalue weighted by Crippen LogP contribution is 2.37. The first-order valence-electron chi connectivity index (χ1n) is 10.4. The number of benzene rings is 2. The van der Waals surface area contributed by atoms with Gasteiger partial charge in [-0.1, -0.05) is 29.8 Å². The second-order valence-corrected chi connectivity index (χ2v) is 8.22. The molecule has 1 fully saturated rings. The van der Waals surface area contributed by atoms with Crippen molar-refractivity contribution in [2.75, 3.05) is 24.6 Å². The standard InChI is InChI=1S/C24H23F3N2O3/c1-15-4-6-17(7-5-15)20-21(28-12-2-3-16(13-28)14-30)23(32)29(22(20)31)19-10-8-18(9-11-19)24(25,26)27/h4-11,16,30H,2-3,12-14H2,1H3. The van der Waals surface area contributed by atoms with E-state index in [4.69, 9.17) is 0 Å². The Bertz CT molecular complexity index is 1060. The molecule has 2 heterocycles. The Morgan fingerprint density at radius 3 is 2.25 bits per heavy atom. The molecule has 0 spiro atoms. The Labute approximate surface area is 183 Å². The number of rotatable bonds is 4. The van der Waals surface area contributed by atoms with E-state index in [9.17, 15) is 27.9 Å². The predicted octanol–water partition coefficient (Wildman–Crippen LogP) is 4.00. The summed E-state index contributed by atoms with van der Waals surface area (Å²) in [6, 6.07) is 11.2. The Hall–Kier alpha value is -3.13. The van der Waals surface area contributed by atoms with Gasteiger partial charge in [0.1, 0.15) is 5.70 Å². The molecule has 2 aromatic rings. The van der Waals surface area contributed by atoms with Crippen LogP contribution >= 0.6 is 0 Å². The number of hydrogen-bond donors (Lipinski definition) is 1. The minimum atomic E-state index is -4.51. The van der Waals surface area contributed by atoms with Crippen molar-refractivity contribution in [2.45, 2.75) is 25.9 Å². The van der Waals surface area contributed by atoms with Gasteiger partial charge in [-0.05, 0) is 55.5 Å². The molecule has 1 saturated heterocycles. The van der Waals surface area contributed by atoms with Crippen LogP contribution in [0.25, 0.3) is 5.57 Å². The number of carbonyl (C=O) groups excluding carboxylic acids is 2. The molecule has 4 rings (SSSR count). The van der Waals surface area contributed by atoms with E-state index in [1.165, 1.54) is 0 Å². The molecule has 0 radical (unpaired) electrons. The van der Waals surface area contributed by atoms with Crippen molar-refractivity contribution in [2.24, 2.45) is 5.92 Å². The molecule has 32 heavy (non-hydrogen) atoms. The van der Waals surface area contributed by atoms with Gasteiger partial charge < -0.3 is 10.0 Å². The van der Waals surface area contributed by atoms with Gasteiger partial charge in [0.25, 0.3) is 11.8 Å². The zero-order valence-electron chi connectivity index (χ0n) is 17.5. The maximum absolute atomic E-state index is 13.5. The van der Waals surface area contributed by atoms with E-state index in [1.54, 1.807) is 12.1 Å². The number of carbonyl (C=O) groups is 2. The van der Waals surface area contributed by atoms with E-state index < -0.39 is 23.6 Å². The van der Waals surface area contributed by atoms with Gasteiger partial charge in [0.2, 0.25) is 0 Å². The monoisotopic (exact) mass is 444 g/mol. The third-order valence-electron chi connectivity index (χ3n) is 5.95. The van der Waals surface area contributed by atoms with E-state index in [1.807, 2.05) is 24.0 Å². The van der Waals surface area contributed by atoms with E-state index >= 15 is 0 Å². The second kappa shape index (κ2) is 8.43. The van der Waals surface area contributed by atoms with Gasteiger partial charge in [-0.15, -0.1) is 0 Å². The summed E-state index contributed by atoms with van der Waals surface area (Å²) in [6.45, 7) is 2.88. The first-order valence-corrected chi connectivity index (χ1v) is 10.4. The topological polar surface area (TPSA) is 60.9 Å². The zero-order valence-corrected chi connectivity index (χ0v) is 17.5. The van der Waals surface area contributed by atoms with Crippen LogP contribution in [0, 0.1) is 12.8 Å². The molecule has 168 valence electrons. The highest BCUT2D eigenvalue weighted by Gasteiger charge is 2.43. The molecule has 1 unspecified atom stereocenters. The Morgan fingerprint density at radius 1 is 1.00 bits per heavy atom. The molecular formula is C24H23F3N2O3. The van der Waals surface area contributed by atoms with Gasteiger partial charge in [0, 0.05) is 19.7 Å². The van der Waals surface area contributed by atoms with Crippen LogP contribution in [0.4, 0.5) is 18.9 Å². The summed E-state index contributed by atoms with van der Waals surface area (Å²) in [5, 5.41) is 9.61. The minimum Gasteiger partial charge on any atom is -0.396 e. The normalized spacial score (nSPS) is 19.8. The number of likely N-dealkylation sites (tertiary alicyclic amines) is 1. The van der Waals surface area contributed by atoms with Crippen molar-refractivity contribution in [1.29, 1.82) is 0 Å². The number of aliphatic hydroxyl groups is 1. The lowest BCUT2D eigenvalue weighted by atomic mass is 9.96. The van der Waals surface area contributed by atoms with E-state index in [-0.39, 0.29) is 29.5 Å². The predicted molar refractivity (Wildman–Crippen MR) is 113 cm³/mol. The summed E-state index contributed by atoms with van der Waals surface area (Å²) in [5.41, 5.74) is 1.26. The number of anilines is 1. The van der Waals surface area contributed by atoms with Crippen LogP contribution in [0.15, 0.2) is 54.2 Å². The molecule has 8 heteroatoms. The zero-order chi connectivity index (χ0) is 23.0. The highest BCUT2D eigenvalue weighted by molar-refractivity contribution is 6.45. The smallest absolute Gasteiger partial charge is 0.396 e. The number of aliphatic hydroxyl groups excluding tert-OH is 1. The Morgan fingerprint density at radius 2 is 1.66 bits per heavy atom. The van der Waals surface area contributed by atoms with Crippen LogP contribution in [0.5, 0.6) is 0 Å². The third-order valence-corrected chi connectivity index (χ3v) is 5.95. The fourth-order valence-corrected chi connectivity index (χ4v) is 4.24. The number of halogens is 3. The van der Waals surface area contributed by atoms with Crippen LogP contribution in [0.2, 0.25) is 0 Å². The molecule has 0 saturated carbocycles. The first-order chi connectivity index (χ1) is 15.2. The summed E-state index contributed by atoms with van der Waals surface area (Å²) in [4.78, 5) is 29.7. The van der Waals surface area contributed by atoms with Crippen LogP contribution in [0.3, 0.4) is 0 Å². The van der Waals surface area contributed by atoms with E-state index in [0.29, 0.717) is 18.7 Å². The number of nitrogens with zero attached hydrogens (tertiary/aromatic N) is 2. The average molecular weight is 444 g/mol. The molecule has 2 amide bonds. The molecule has 2 aliphatic heterocycles. The van der Waals surface area contributed by atoms with E-state index in [2.05, 4.69) is 0 Å². The quantitative estimate of drug-likeness (QED) is 0.725. The summed E-state index contributed by atoms with van der Waals surface area (Å²) in [5.74, 6) is -1.15. The number of alkyl halides is 3. The minimum absolute atomic E-state index is 0.0152. The molecular weight excluding hydrogens is 421 g/mol. The molecule has 0 aromatic heterocycles. The summed E-state index contributed by atoms with van der Waals surface area (Å²) in [6.07, 6.45) is -2.93. The fraction of sp³-hybridized carbons (Fsp3) is 0.333. The second-order valence-electron chi connectivity index (χ2n) is 8.22. The molecule has 0 aliphatic carbocycles. The Balaban J connectivity index is 1.77. The highest BCUT2D eigenvalue weighted by atomic mass is 19.4. The van der Waals surface area contributed by atoms with Gasteiger partial charge in [-0.2, -0.15) is 13.2 Å². The molecule has 1 N–H and O–H groups in total. The molecule has 1 atom stereocenters. The molecule has 5 nitrogen and oxygen atoms in total. The van der Waals surface area contributed by atoms with Gasteiger partial charge in [0.05, 0.1) is 16.8 Å². The number of aryl methyl sites for hydroxylation is 1. The summed E-state index contributed by atoms with van der Waals surface area (Å²) >= 11 is 0. The van der Waals surface area contributed by atoms with Crippen molar-refractivity contribution in [3.05, 3.63) is 70.9 Å². The van der Waals surface area contributed by atoms with Crippen molar-refractivity contribution in [3.8, 4) is 0 Å². The third kappa shape index (κ3) is 4.02. The van der Waals surface area contributed by atoms with Gasteiger partial charge in [-0.3, -0.25) is 9.59 Å². The molecule has 0 bridgehead atoms. The lowest BCUT2D eigenvalue weighted by Gasteiger charge is -2.34. The van der Waals surface area contributed by atoms with E-state index in [0.717, 1.165) is 47.6 Å². The number of imide groups is 1. The maximum Gasteiger partial charge on any atom is 0.416 e. The molecule has 2 aromatic carbocycles. The van der Waals surface area contributed by atoms with Gasteiger partial charge in [0.15, 0.2) is 0 Å². The maximum atomic E-state index is 13.5. The van der Waals surface area contributed by atoms with Crippen LogP contribution in [0.1, 0.15) is 29.5 Å².